The normalized spacial score (nSPS) is 20.6. The molecule has 1 fully saturated rings. The van der Waals surface area contributed by atoms with Gasteiger partial charge >= 0.3 is 0 Å². The highest BCUT2D eigenvalue weighted by Gasteiger charge is 2.42. The molecule has 0 saturated carbocycles. The summed E-state index contributed by atoms with van der Waals surface area (Å²) < 4.78 is 34.3. The number of nitrogens with two attached hydrogens (primary N) is 1. The number of piperidine rings is 1. The molecule has 1 atom stereocenters. The third-order valence-electron chi connectivity index (χ3n) is 4.92. The maximum Gasteiger partial charge on any atom is 0.243 e. The van der Waals surface area contributed by atoms with Gasteiger partial charge in [-0.3, -0.25) is 4.79 Å². The first-order valence-corrected chi connectivity index (χ1v) is 11.3. The predicted molar refractivity (Wildman–Crippen MR) is 110 cm³/mol. The number of hydrogen-bond donors (Lipinski definition) is 1. The van der Waals surface area contributed by atoms with Crippen molar-refractivity contribution >= 4 is 31.9 Å². The molecule has 0 spiro atoms. The second kappa shape index (κ2) is 8.63. The van der Waals surface area contributed by atoms with Gasteiger partial charge < -0.3 is 10.5 Å². The van der Waals surface area contributed by atoms with Crippen molar-refractivity contribution in [3.05, 3.63) is 59.1 Å². The second-order valence-corrected chi connectivity index (χ2v) is 9.99. The number of benzene rings is 2. The number of halogens is 1. The van der Waals surface area contributed by atoms with Crippen LogP contribution in [-0.2, 0) is 14.8 Å². The SMILES string of the molecule is NC(=O)C[C@]1(COc2ccccc2)CCCN(S(=O)(=O)c2ccc(Br)cc2)C1. The summed E-state index contributed by atoms with van der Waals surface area (Å²) in [5.74, 6) is 0.221. The summed E-state index contributed by atoms with van der Waals surface area (Å²) in [5, 5.41) is 0. The molecule has 0 bridgehead atoms. The van der Waals surface area contributed by atoms with Gasteiger partial charge in [-0.05, 0) is 49.2 Å². The maximum atomic E-state index is 13.1. The maximum absolute atomic E-state index is 13.1. The lowest BCUT2D eigenvalue weighted by atomic mass is 9.78. The summed E-state index contributed by atoms with van der Waals surface area (Å²) in [6, 6.07) is 15.8. The minimum atomic E-state index is -3.66. The molecule has 2 aromatic rings. The van der Waals surface area contributed by atoms with Crippen LogP contribution in [0.5, 0.6) is 5.75 Å². The fourth-order valence-electron chi connectivity index (χ4n) is 3.56. The Kier molecular flexibility index (Phi) is 6.42. The molecule has 0 radical (unpaired) electrons. The Hall–Kier alpha value is -1.90. The molecular formula is C20H23BrN2O4S. The van der Waals surface area contributed by atoms with Crippen molar-refractivity contribution in [3.63, 3.8) is 0 Å². The molecule has 0 aromatic heterocycles. The number of rotatable bonds is 7. The summed E-state index contributed by atoms with van der Waals surface area (Å²) in [7, 11) is -3.66. The quantitative estimate of drug-likeness (QED) is 0.678. The largest absolute Gasteiger partial charge is 0.493 e. The molecule has 1 amide bonds. The Labute approximate surface area is 173 Å². The van der Waals surface area contributed by atoms with E-state index >= 15 is 0 Å². The van der Waals surface area contributed by atoms with Gasteiger partial charge in [0.05, 0.1) is 11.5 Å². The summed E-state index contributed by atoms with van der Waals surface area (Å²) >= 11 is 3.32. The number of carbonyl (C=O) groups excluding carboxylic acids is 1. The lowest BCUT2D eigenvalue weighted by molar-refractivity contribution is -0.121. The topological polar surface area (TPSA) is 89.7 Å². The standard InChI is InChI=1S/C20H23BrN2O4S/c21-16-7-9-18(10-8-16)28(25,26)23-12-4-11-20(14-23,13-19(22)24)15-27-17-5-2-1-3-6-17/h1-3,5-10H,4,11-15H2,(H2,22,24)/t20-/m1/s1. The monoisotopic (exact) mass is 466 g/mol. The van der Waals surface area contributed by atoms with Crippen molar-refractivity contribution in [1.29, 1.82) is 0 Å². The van der Waals surface area contributed by atoms with Crippen molar-refractivity contribution in [2.24, 2.45) is 11.1 Å². The highest BCUT2D eigenvalue weighted by Crippen LogP contribution is 2.36. The molecule has 1 saturated heterocycles. The number of primary amides is 1. The number of hydrogen-bond acceptors (Lipinski definition) is 4. The fraction of sp³-hybridized carbons (Fsp3) is 0.350. The molecule has 2 N–H and O–H groups in total. The Balaban J connectivity index is 1.83. The van der Waals surface area contributed by atoms with Gasteiger partial charge in [0.1, 0.15) is 5.75 Å². The molecular weight excluding hydrogens is 444 g/mol. The Morgan fingerprint density at radius 3 is 2.46 bits per heavy atom. The zero-order chi connectivity index (χ0) is 20.2. The number of para-hydroxylation sites is 1. The molecule has 1 aliphatic rings. The molecule has 6 nitrogen and oxygen atoms in total. The van der Waals surface area contributed by atoms with Crippen LogP contribution >= 0.6 is 15.9 Å². The summed E-state index contributed by atoms with van der Waals surface area (Å²) in [4.78, 5) is 12.0. The zero-order valence-corrected chi connectivity index (χ0v) is 17.8. The fourth-order valence-corrected chi connectivity index (χ4v) is 5.42. The zero-order valence-electron chi connectivity index (χ0n) is 15.4. The van der Waals surface area contributed by atoms with E-state index in [-0.39, 0.29) is 24.5 Å². The molecule has 3 rings (SSSR count). The number of ether oxygens (including phenoxy) is 1. The lowest BCUT2D eigenvalue weighted by Gasteiger charge is -2.41. The van der Waals surface area contributed by atoms with Gasteiger partial charge in [0.2, 0.25) is 15.9 Å². The second-order valence-electron chi connectivity index (χ2n) is 7.14. The van der Waals surface area contributed by atoms with Crippen LogP contribution in [0, 0.1) is 5.41 Å². The van der Waals surface area contributed by atoms with E-state index in [0.717, 1.165) is 4.47 Å². The summed E-state index contributed by atoms with van der Waals surface area (Å²) in [6.07, 6.45) is 1.39. The number of nitrogens with zero attached hydrogens (tertiary/aromatic N) is 1. The predicted octanol–water partition coefficient (Wildman–Crippen LogP) is 3.17. The Morgan fingerprint density at radius 2 is 1.82 bits per heavy atom. The molecule has 0 unspecified atom stereocenters. The van der Waals surface area contributed by atoms with Crippen LogP contribution in [0.4, 0.5) is 0 Å². The molecule has 28 heavy (non-hydrogen) atoms. The third-order valence-corrected chi connectivity index (χ3v) is 7.30. The first kappa shape index (κ1) is 20.8. The summed E-state index contributed by atoms with van der Waals surface area (Å²) in [6.45, 7) is 0.831. The average Bonchev–Trinajstić information content (AvgIpc) is 2.67. The van der Waals surface area contributed by atoms with Crippen molar-refractivity contribution in [2.45, 2.75) is 24.2 Å². The summed E-state index contributed by atoms with van der Waals surface area (Å²) in [5.41, 5.74) is 4.84. The van der Waals surface area contributed by atoms with Crippen LogP contribution in [0.1, 0.15) is 19.3 Å². The molecule has 150 valence electrons. The van der Waals surface area contributed by atoms with E-state index in [4.69, 9.17) is 10.5 Å². The third kappa shape index (κ3) is 4.92. The van der Waals surface area contributed by atoms with E-state index in [1.807, 2.05) is 30.3 Å². The van der Waals surface area contributed by atoms with Crippen LogP contribution in [0.3, 0.4) is 0 Å². The van der Waals surface area contributed by atoms with Crippen LogP contribution < -0.4 is 10.5 Å². The first-order valence-electron chi connectivity index (χ1n) is 9.03. The van der Waals surface area contributed by atoms with E-state index < -0.39 is 21.3 Å². The Morgan fingerprint density at radius 1 is 1.14 bits per heavy atom. The van der Waals surface area contributed by atoms with E-state index in [9.17, 15) is 13.2 Å². The van der Waals surface area contributed by atoms with Crippen LogP contribution in [0.15, 0.2) is 64.0 Å². The van der Waals surface area contributed by atoms with Gasteiger partial charge in [0.15, 0.2) is 0 Å². The van der Waals surface area contributed by atoms with Gasteiger partial charge in [-0.2, -0.15) is 4.31 Å². The van der Waals surface area contributed by atoms with E-state index in [0.29, 0.717) is 25.1 Å². The van der Waals surface area contributed by atoms with Gasteiger partial charge in [-0.15, -0.1) is 0 Å². The highest BCUT2D eigenvalue weighted by molar-refractivity contribution is 9.10. The van der Waals surface area contributed by atoms with Gasteiger partial charge in [0, 0.05) is 29.4 Å². The van der Waals surface area contributed by atoms with Crippen molar-refractivity contribution in [3.8, 4) is 5.75 Å². The number of sulfonamides is 1. The van der Waals surface area contributed by atoms with E-state index in [2.05, 4.69) is 15.9 Å². The average molecular weight is 467 g/mol. The molecule has 8 heteroatoms. The van der Waals surface area contributed by atoms with Crippen molar-refractivity contribution in [1.82, 2.24) is 4.31 Å². The highest BCUT2D eigenvalue weighted by atomic mass is 79.9. The minimum Gasteiger partial charge on any atom is -0.493 e. The first-order chi connectivity index (χ1) is 13.3. The van der Waals surface area contributed by atoms with E-state index in [1.54, 1.807) is 24.3 Å². The lowest BCUT2D eigenvalue weighted by Crippen LogP contribution is -2.50. The Bertz CT molecular complexity index is 919. The van der Waals surface area contributed by atoms with Crippen molar-refractivity contribution in [2.75, 3.05) is 19.7 Å². The van der Waals surface area contributed by atoms with Crippen LogP contribution in [-0.4, -0.2) is 38.3 Å². The van der Waals surface area contributed by atoms with Gasteiger partial charge in [-0.25, -0.2) is 8.42 Å². The van der Waals surface area contributed by atoms with Gasteiger partial charge in [0.25, 0.3) is 0 Å². The molecule has 1 heterocycles. The van der Waals surface area contributed by atoms with Crippen molar-refractivity contribution < 1.29 is 17.9 Å². The molecule has 0 aliphatic carbocycles. The number of amides is 1. The van der Waals surface area contributed by atoms with Gasteiger partial charge in [-0.1, -0.05) is 34.1 Å². The molecule has 2 aromatic carbocycles. The van der Waals surface area contributed by atoms with Crippen LogP contribution in [0.25, 0.3) is 0 Å². The van der Waals surface area contributed by atoms with Crippen LogP contribution in [0.2, 0.25) is 0 Å². The number of carbonyl (C=O) groups is 1. The minimum absolute atomic E-state index is 0.0756. The van der Waals surface area contributed by atoms with E-state index in [1.165, 1.54) is 4.31 Å². The molecule has 1 aliphatic heterocycles. The smallest absolute Gasteiger partial charge is 0.243 e.